The molecular weight excluding hydrogens is 298 g/mol. The average molecular weight is 316 g/mol. The van der Waals surface area contributed by atoms with Crippen molar-refractivity contribution in [1.29, 1.82) is 0 Å². The lowest BCUT2D eigenvalue weighted by Crippen LogP contribution is -2.23. The summed E-state index contributed by atoms with van der Waals surface area (Å²) in [4.78, 5) is 0. The maximum Gasteiger partial charge on any atom is 0.0363 e. The van der Waals surface area contributed by atoms with E-state index in [1.807, 2.05) is 12.1 Å². The van der Waals surface area contributed by atoms with E-state index in [9.17, 15) is 0 Å². The van der Waals surface area contributed by atoms with Crippen LogP contribution >= 0.6 is 15.9 Å². The smallest absolute Gasteiger partial charge is 0.0363 e. The Morgan fingerprint density at radius 1 is 1.05 bits per heavy atom. The third kappa shape index (κ3) is 4.34. The summed E-state index contributed by atoms with van der Waals surface area (Å²) >= 11 is 3.47. The van der Waals surface area contributed by atoms with Gasteiger partial charge in [0.05, 0.1) is 0 Å². The maximum atomic E-state index is 3.78. The second-order valence-electron chi connectivity index (χ2n) is 4.49. The standard InChI is InChI=1S/C17H18BrN/c1-2-12-19-17(15-6-4-3-5-7-15)13-14-8-10-16(18)11-9-14/h2-11,17,19H,1,12-13H2. The summed E-state index contributed by atoms with van der Waals surface area (Å²) in [6.45, 7) is 4.59. The SMILES string of the molecule is C=CCNC(Cc1ccc(Br)cc1)c1ccccc1. The summed E-state index contributed by atoms with van der Waals surface area (Å²) in [5, 5.41) is 3.52. The van der Waals surface area contributed by atoms with E-state index in [2.05, 4.69) is 76.4 Å². The molecule has 0 heterocycles. The molecule has 0 saturated carbocycles. The second kappa shape index (κ2) is 7.27. The Labute approximate surface area is 123 Å². The Hall–Kier alpha value is -1.38. The molecule has 1 unspecified atom stereocenters. The summed E-state index contributed by atoms with van der Waals surface area (Å²) in [5.74, 6) is 0. The third-order valence-electron chi connectivity index (χ3n) is 3.06. The Kier molecular flexibility index (Phi) is 5.37. The monoisotopic (exact) mass is 315 g/mol. The van der Waals surface area contributed by atoms with Crippen LogP contribution in [0.3, 0.4) is 0 Å². The van der Waals surface area contributed by atoms with Crippen molar-refractivity contribution in [1.82, 2.24) is 5.32 Å². The molecule has 1 atom stereocenters. The highest BCUT2D eigenvalue weighted by atomic mass is 79.9. The van der Waals surface area contributed by atoms with Gasteiger partial charge in [-0.1, -0.05) is 64.5 Å². The molecule has 0 amide bonds. The van der Waals surface area contributed by atoms with Gasteiger partial charge in [0, 0.05) is 17.1 Å². The zero-order chi connectivity index (χ0) is 13.5. The summed E-state index contributed by atoms with van der Waals surface area (Å²) in [7, 11) is 0. The van der Waals surface area contributed by atoms with Crippen molar-refractivity contribution < 1.29 is 0 Å². The summed E-state index contributed by atoms with van der Waals surface area (Å²) in [6, 6.07) is 19.4. The molecule has 1 nitrogen and oxygen atoms in total. The van der Waals surface area contributed by atoms with Gasteiger partial charge in [0.15, 0.2) is 0 Å². The van der Waals surface area contributed by atoms with E-state index in [0.29, 0.717) is 6.04 Å². The van der Waals surface area contributed by atoms with E-state index in [1.54, 1.807) is 0 Å². The molecule has 2 heteroatoms. The predicted octanol–water partition coefficient (Wildman–Crippen LogP) is 4.51. The Morgan fingerprint density at radius 2 is 1.74 bits per heavy atom. The Morgan fingerprint density at radius 3 is 2.37 bits per heavy atom. The molecule has 2 aromatic carbocycles. The lowest BCUT2D eigenvalue weighted by molar-refractivity contribution is 0.565. The average Bonchev–Trinajstić information content (AvgIpc) is 2.46. The van der Waals surface area contributed by atoms with Crippen LogP contribution in [0.25, 0.3) is 0 Å². The first-order chi connectivity index (χ1) is 9.29. The van der Waals surface area contributed by atoms with E-state index >= 15 is 0 Å². The van der Waals surface area contributed by atoms with E-state index in [0.717, 1.165) is 17.4 Å². The van der Waals surface area contributed by atoms with Gasteiger partial charge in [0.25, 0.3) is 0 Å². The molecule has 0 aliphatic carbocycles. The highest BCUT2D eigenvalue weighted by molar-refractivity contribution is 9.10. The third-order valence-corrected chi connectivity index (χ3v) is 3.59. The lowest BCUT2D eigenvalue weighted by atomic mass is 9.99. The lowest BCUT2D eigenvalue weighted by Gasteiger charge is -2.18. The molecule has 0 bridgehead atoms. The van der Waals surface area contributed by atoms with Crippen LogP contribution in [-0.2, 0) is 6.42 Å². The van der Waals surface area contributed by atoms with Gasteiger partial charge < -0.3 is 5.32 Å². The Bertz CT molecular complexity index is 505. The van der Waals surface area contributed by atoms with Crippen molar-refractivity contribution in [3.05, 3.63) is 82.9 Å². The number of hydrogen-bond acceptors (Lipinski definition) is 1. The van der Waals surface area contributed by atoms with Gasteiger partial charge in [0.1, 0.15) is 0 Å². The topological polar surface area (TPSA) is 12.0 Å². The van der Waals surface area contributed by atoms with Crippen molar-refractivity contribution in [2.75, 3.05) is 6.54 Å². The first-order valence-corrected chi connectivity index (χ1v) is 7.22. The van der Waals surface area contributed by atoms with E-state index < -0.39 is 0 Å². The van der Waals surface area contributed by atoms with E-state index in [4.69, 9.17) is 0 Å². The molecule has 19 heavy (non-hydrogen) atoms. The van der Waals surface area contributed by atoms with Crippen LogP contribution in [0.5, 0.6) is 0 Å². The normalized spacial score (nSPS) is 12.1. The largest absolute Gasteiger partial charge is 0.306 e. The predicted molar refractivity (Wildman–Crippen MR) is 85.2 cm³/mol. The zero-order valence-electron chi connectivity index (χ0n) is 10.9. The van der Waals surface area contributed by atoms with Crippen LogP contribution in [0.2, 0.25) is 0 Å². The summed E-state index contributed by atoms with van der Waals surface area (Å²) in [5.41, 5.74) is 2.64. The molecule has 0 aliphatic heterocycles. The molecule has 0 aliphatic rings. The summed E-state index contributed by atoms with van der Waals surface area (Å²) < 4.78 is 1.12. The molecular formula is C17H18BrN. The second-order valence-corrected chi connectivity index (χ2v) is 5.41. The van der Waals surface area contributed by atoms with Crippen molar-refractivity contribution in [2.45, 2.75) is 12.5 Å². The van der Waals surface area contributed by atoms with Crippen molar-refractivity contribution in [3.8, 4) is 0 Å². The number of rotatable bonds is 6. The molecule has 0 spiro atoms. The highest BCUT2D eigenvalue weighted by Gasteiger charge is 2.10. The molecule has 2 rings (SSSR count). The quantitative estimate of drug-likeness (QED) is 0.773. The van der Waals surface area contributed by atoms with Crippen molar-refractivity contribution in [2.24, 2.45) is 0 Å². The van der Waals surface area contributed by atoms with E-state index in [-0.39, 0.29) is 0 Å². The molecule has 0 radical (unpaired) electrons. The van der Waals surface area contributed by atoms with Gasteiger partial charge in [-0.2, -0.15) is 0 Å². The molecule has 0 aromatic heterocycles. The van der Waals surface area contributed by atoms with Gasteiger partial charge >= 0.3 is 0 Å². The fraction of sp³-hybridized carbons (Fsp3) is 0.176. The zero-order valence-corrected chi connectivity index (χ0v) is 12.4. The number of benzene rings is 2. The number of halogens is 1. The van der Waals surface area contributed by atoms with Gasteiger partial charge in [-0.05, 0) is 29.7 Å². The number of hydrogen-bond donors (Lipinski definition) is 1. The maximum absolute atomic E-state index is 3.78. The minimum absolute atomic E-state index is 0.320. The van der Waals surface area contributed by atoms with Gasteiger partial charge in [-0.3, -0.25) is 0 Å². The fourth-order valence-electron chi connectivity index (χ4n) is 2.08. The van der Waals surface area contributed by atoms with Crippen LogP contribution in [0.4, 0.5) is 0 Å². The van der Waals surface area contributed by atoms with Gasteiger partial charge in [0.2, 0.25) is 0 Å². The fourth-order valence-corrected chi connectivity index (χ4v) is 2.34. The first-order valence-electron chi connectivity index (χ1n) is 6.43. The van der Waals surface area contributed by atoms with Crippen LogP contribution in [0.1, 0.15) is 17.2 Å². The molecule has 2 aromatic rings. The van der Waals surface area contributed by atoms with Crippen LogP contribution in [-0.4, -0.2) is 6.54 Å². The molecule has 98 valence electrons. The highest BCUT2D eigenvalue weighted by Crippen LogP contribution is 2.19. The van der Waals surface area contributed by atoms with Crippen molar-refractivity contribution >= 4 is 15.9 Å². The van der Waals surface area contributed by atoms with E-state index in [1.165, 1.54) is 11.1 Å². The minimum Gasteiger partial charge on any atom is -0.306 e. The molecule has 0 fully saturated rings. The number of nitrogens with one attached hydrogen (secondary N) is 1. The van der Waals surface area contributed by atoms with Crippen LogP contribution in [0, 0.1) is 0 Å². The minimum atomic E-state index is 0.320. The van der Waals surface area contributed by atoms with Crippen LogP contribution < -0.4 is 5.32 Å². The first kappa shape index (κ1) is 14.0. The Balaban J connectivity index is 2.14. The molecule has 0 saturated heterocycles. The molecule has 1 N–H and O–H groups in total. The van der Waals surface area contributed by atoms with Gasteiger partial charge in [-0.25, -0.2) is 0 Å². The van der Waals surface area contributed by atoms with Crippen molar-refractivity contribution in [3.63, 3.8) is 0 Å². The summed E-state index contributed by atoms with van der Waals surface area (Å²) in [6.07, 6.45) is 2.88. The van der Waals surface area contributed by atoms with Crippen LogP contribution in [0.15, 0.2) is 71.7 Å². The van der Waals surface area contributed by atoms with Gasteiger partial charge in [-0.15, -0.1) is 6.58 Å².